The summed E-state index contributed by atoms with van der Waals surface area (Å²) in [4.78, 5) is 30.4. The van der Waals surface area contributed by atoms with Crippen LogP contribution >= 0.6 is 11.6 Å². The molecule has 2 aromatic rings. The molecule has 8 nitrogen and oxygen atoms in total. The second kappa shape index (κ2) is 9.55. The van der Waals surface area contributed by atoms with E-state index in [0.717, 1.165) is 0 Å². The summed E-state index contributed by atoms with van der Waals surface area (Å²) in [5, 5.41) is 0.208. The summed E-state index contributed by atoms with van der Waals surface area (Å²) in [5.41, 5.74) is -0.191. The fourth-order valence-electron chi connectivity index (χ4n) is 4.54. The standard InChI is InChI=1S/C26H37ClFN5O3Si/c1-15-12-32(13-16(2)36-15)22-18(28)10-17(11-29-22)33-23-20(26(6,7)24(33)34)21(27)30-19(31-23)14-35-37(8,9)25(3,4)5/h10-11,15-16H,12-14H2,1-9H3/t15-,16+. The number of pyridine rings is 1. The average molecular weight is 550 g/mol. The van der Waals surface area contributed by atoms with Gasteiger partial charge in [-0.15, -0.1) is 0 Å². The van der Waals surface area contributed by atoms with Gasteiger partial charge in [0.2, 0.25) is 5.91 Å². The number of halogens is 2. The van der Waals surface area contributed by atoms with Crippen molar-refractivity contribution in [2.75, 3.05) is 22.9 Å². The summed E-state index contributed by atoms with van der Waals surface area (Å²) in [7, 11) is -2.07. The lowest BCUT2D eigenvalue weighted by Gasteiger charge is -2.36. The number of carbonyl (C=O) groups is 1. The molecule has 1 amide bonds. The molecule has 4 rings (SSSR count). The highest BCUT2D eigenvalue weighted by molar-refractivity contribution is 6.74. The SMILES string of the molecule is C[C@@H]1CN(c2ncc(N3C(=O)C(C)(C)c4c(Cl)nc(CO[Si](C)(C)C(C)(C)C)nc43)cc2F)C[C@H](C)O1. The summed E-state index contributed by atoms with van der Waals surface area (Å²) in [6.45, 7) is 19.4. The van der Waals surface area contributed by atoms with E-state index in [4.69, 9.17) is 25.7 Å². The van der Waals surface area contributed by atoms with Crippen LogP contribution in [0, 0.1) is 5.82 Å². The number of amides is 1. The van der Waals surface area contributed by atoms with Crippen molar-refractivity contribution in [1.82, 2.24) is 15.0 Å². The highest BCUT2D eigenvalue weighted by Crippen LogP contribution is 2.47. The van der Waals surface area contributed by atoms with E-state index in [2.05, 4.69) is 43.8 Å². The van der Waals surface area contributed by atoms with Crippen molar-refractivity contribution in [3.63, 3.8) is 0 Å². The predicted molar refractivity (Wildman–Crippen MR) is 146 cm³/mol. The molecule has 0 aliphatic carbocycles. The Kier molecular flexibility index (Phi) is 7.20. The number of rotatable bonds is 5. The van der Waals surface area contributed by atoms with Gasteiger partial charge in [0.05, 0.1) is 36.1 Å². The highest BCUT2D eigenvalue weighted by atomic mass is 35.5. The van der Waals surface area contributed by atoms with Gasteiger partial charge in [-0.1, -0.05) is 32.4 Å². The number of anilines is 3. The van der Waals surface area contributed by atoms with Crippen LogP contribution in [0.5, 0.6) is 0 Å². The van der Waals surface area contributed by atoms with Gasteiger partial charge in [0.15, 0.2) is 25.8 Å². The Morgan fingerprint density at radius 2 is 1.81 bits per heavy atom. The van der Waals surface area contributed by atoms with Gasteiger partial charge in [0.25, 0.3) is 0 Å². The zero-order valence-electron chi connectivity index (χ0n) is 23.1. The first kappa shape index (κ1) is 27.9. The Hall–Kier alpha value is -2.14. The first-order valence-electron chi connectivity index (χ1n) is 12.6. The van der Waals surface area contributed by atoms with E-state index in [1.807, 2.05) is 18.7 Å². The largest absolute Gasteiger partial charge is 0.409 e. The van der Waals surface area contributed by atoms with Crippen molar-refractivity contribution in [3.8, 4) is 0 Å². The first-order valence-corrected chi connectivity index (χ1v) is 15.9. The van der Waals surface area contributed by atoms with Gasteiger partial charge in [-0.25, -0.2) is 19.3 Å². The summed E-state index contributed by atoms with van der Waals surface area (Å²) in [6.07, 6.45) is 1.43. The normalized spacial score (nSPS) is 22.0. The van der Waals surface area contributed by atoms with Gasteiger partial charge in [-0.05, 0) is 45.8 Å². The molecule has 0 N–H and O–H groups in total. The molecule has 2 aliphatic rings. The minimum atomic E-state index is -2.07. The number of ether oxygens (including phenoxy) is 1. The van der Waals surface area contributed by atoms with E-state index < -0.39 is 19.5 Å². The van der Waals surface area contributed by atoms with Crippen LogP contribution in [0.3, 0.4) is 0 Å². The molecule has 0 spiro atoms. The molecule has 1 saturated heterocycles. The third kappa shape index (κ3) is 5.13. The summed E-state index contributed by atoms with van der Waals surface area (Å²) < 4.78 is 27.5. The quantitative estimate of drug-likeness (QED) is 0.346. The van der Waals surface area contributed by atoms with E-state index in [1.165, 1.54) is 17.2 Å². The van der Waals surface area contributed by atoms with Gasteiger partial charge < -0.3 is 14.1 Å². The summed E-state index contributed by atoms with van der Waals surface area (Å²) >= 11 is 6.62. The number of carbonyl (C=O) groups excluding carboxylic acids is 1. The van der Waals surface area contributed by atoms with Crippen molar-refractivity contribution in [2.24, 2.45) is 0 Å². The lowest BCUT2D eigenvalue weighted by molar-refractivity contribution is -0.121. The maximum Gasteiger partial charge on any atom is 0.243 e. The van der Waals surface area contributed by atoms with Crippen LogP contribution in [0.2, 0.25) is 23.3 Å². The van der Waals surface area contributed by atoms with Gasteiger partial charge >= 0.3 is 0 Å². The molecular formula is C26H37ClFN5O3Si. The minimum absolute atomic E-state index is 0.0124. The number of hydrogen-bond donors (Lipinski definition) is 0. The molecule has 11 heteroatoms. The van der Waals surface area contributed by atoms with Crippen molar-refractivity contribution >= 4 is 43.1 Å². The first-order chi connectivity index (χ1) is 17.0. The van der Waals surface area contributed by atoms with E-state index in [9.17, 15) is 4.79 Å². The van der Waals surface area contributed by atoms with E-state index >= 15 is 4.39 Å². The lowest BCUT2D eigenvalue weighted by Crippen LogP contribution is -2.46. The molecule has 0 bridgehead atoms. The molecule has 0 radical (unpaired) electrons. The van der Waals surface area contributed by atoms with Gasteiger partial charge in [0.1, 0.15) is 11.0 Å². The zero-order chi connectivity index (χ0) is 27.5. The second-order valence-electron chi connectivity index (χ2n) is 12.1. The molecule has 2 aromatic heterocycles. The van der Waals surface area contributed by atoms with Crippen molar-refractivity contribution in [3.05, 3.63) is 34.6 Å². The van der Waals surface area contributed by atoms with E-state index in [-0.39, 0.29) is 40.7 Å². The van der Waals surface area contributed by atoms with Crippen LogP contribution < -0.4 is 9.80 Å². The number of hydrogen-bond acceptors (Lipinski definition) is 7. The van der Waals surface area contributed by atoms with Crippen LogP contribution in [0.25, 0.3) is 0 Å². The molecule has 2 atom stereocenters. The Labute approximate surface area is 224 Å². The molecule has 0 unspecified atom stereocenters. The third-order valence-electron chi connectivity index (χ3n) is 7.62. The van der Waals surface area contributed by atoms with Crippen LogP contribution in [-0.4, -0.2) is 54.5 Å². The maximum atomic E-state index is 15.4. The Bertz CT molecular complexity index is 1210. The van der Waals surface area contributed by atoms with Crippen LogP contribution in [0.15, 0.2) is 12.3 Å². The summed E-state index contributed by atoms with van der Waals surface area (Å²) in [5.74, 6) is 0.168. The van der Waals surface area contributed by atoms with E-state index in [1.54, 1.807) is 13.8 Å². The van der Waals surface area contributed by atoms with Crippen LogP contribution in [0.1, 0.15) is 59.9 Å². The minimum Gasteiger partial charge on any atom is -0.409 e. The number of aromatic nitrogens is 3. The molecule has 0 saturated carbocycles. The van der Waals surface area contributed by atoms with Crippen LogP contribution in [-0.2, 0) is 26.0 Å². The third-order valence-corrected chi connectivity index (χ3v) is 12.4. The monoisotopic (exact) mass is 549 g/mol. The van der Waals surface area contributed by atoms with Crippen molar-refractivity contribution < 1.29 is 18.3 Å². The topological polar surface area (TPSA) is 80.7 Å². The average Bonchev–Trinajstić information content (AvgIpc) is 2.96. The van der Waals surface area contributed by atoms with Crippen LogP contribution in [0.4, 0.5) is 21.7 Å². The molecule has 1 fully saturated rings. The molecule has 0 aromatic carbocycles. The smallest absolute Gasteiger partial charge is 0.243 e. The van der Waals surface area contributed by atoms with Crippen molar-refractivity contribution in [2.45, 2.75) is 90.8 Å². The molecule has 2 aliphatic heterocycles. The second-order valence-corrected chi connectivity index (χ2v) is 17.3. The Morgan fingerprint density at radius 3 is 2.38 bits per heavy atom. The van der Waals surface area contributed by atoms with Gasteiger partial charge in [0, 0.05) is 24.7 Å². The molecule has 4 heterocycles. The maximum absolute atomic E-state index is 15.4. The zero-order valence-corrected chi connectivity index (χ0v) is 24.9. The predicted octanol–water partition coefficient (Wildman–Crippen LogP) is 5.76. The fraction of sp³-hybridized carbons (Fsp3) is 0.615. The van der Waals surface area contributed by atoms with E-state index in [0.29, 0.717) is 36.0 Å². The van der Waals surface area contributed by atoms with Gasteiger partial charge in [-0.3, -0.25) is 9.69 Å². The highest BCUT2D eigenvalue weighted by Gasteiger charge is 2.48. The Morgan fingerprint density at radius 1 is 1.19 bits per heavy atom. The summed E-state index contributed by atoms with van der Waals surface area (Å²) in [6, 6.07) is 1.33. The Balaban J connectivity index is 1.70. The van der Waals surface area contributed by atoms with Gasteiger partial charge in [-0.2, -0.15) is 0 Å². The number of nitrogens with zero attached hydrogens (tertiary/aromatic N) is 5. The molecule has 37 heavy (non-hydrogen) atoms. The number of fused-ring (bicyclic) bond motifs is 1. The lowest BCUT2D eigenvalue weighted by atomic mass is 9.88. The number of morpholine rings is 1. The fourth-order valence-corrected chi connectivity index (χ4v) is 5.88. The molecule has 202 valence electrons. The molecular weight excluding hydrogens is 513 g/mol. The van der Waals surface area contributed by atoms with Crippen molar-refractivity contribution in [1.29, 1.82) is 0 Å².